The molecule has 2 aliphatic heterocycles. The molecular weight excluding hydrogens is 440 g/mol. The highest BCUT2D eigenvalue weighted by atomic mass is 79.9. The fourth-order valence-corrected chi connectivity index (χ4v) is 5.21. The molecule has 2 heterocycles. The van der Waals surface area contributed by atoms with E-state index in [9.17, 15) is 9.59 Å². The number of carbonyl (C=O) groups excluding carboxylic acids is 2. The lowest BCUT2D eigenvalue weighted by atomic mass is 9.76. The Bertz CT molecular complexity index is 1170. The van der Waals surface area contributed by atoms with Crippen LogP contribution in [0.3, 0.4) is 0 Å². The summed E-state index contributed by atoms with van der Waals surface area (Å²) >= 11 is 3.47. The molecule has 5 rings (SSSR count). The van der Waals surface area contributed by atoms with E-state index in [0.29, 0.717) is 12.1 Å². The van der Waals surface area contributed by atoms with Crippen molar-refractivity contribution in [3.05, 3.63) is 99.0 Å². The molecule has 4 nitrogen and oxygen atoms in total. The molecule has 2 aliphatic rings. The summed E-state index contributed by atoms with van der Waals surface area (Å²) in [5.41, 5.74) is 5.48. The lowest BCUT2D eigenvalue weighted by Gasteiger charge is -2.45. The van der Waals surface area contributed by atoms with Crippen molar-refractivity contribution < 1.29 is 9.59 Å². The number of aryl methyl sites for hydroxylation is 1. The molecule has 0 radical (unpaired) electrons. The molecule has 0 bridgehead atoms. The predicted octanol–water partition coefficient (Wildman–Crippen LogP) is 5.23. The van der Waals surface area contributed by atoms with Gasteiger partial charge in [0, 0.05) is 22.3 Å². The Hall–Kier alpha value is -2.92. The number of anilines is 1. The van der Waals surface area contributed by atoms with Crippen molar-refractivity contribution in [3.63, 3.8) is 0 Å². The van der Waals surface area contributed by atoms with Gasteiger partial charge in [0.1, 0.15) is 0 Å². The van der Waals surface area contributed by atoms with E-state index in [4.69, 9.17) is 0 Å². The third kappa shape index (κ3) is 3.05. The van der Waals surface area contributed by atoms with Gasteiger partial charge in [-0.1, -0.05) is 58.4 Å². The molecule has 0 spiro atoms. The Morgan fingerprint density at radius 3 is 2.57 bits per heavy atom. The van der Waals surface area contributed by atoms with Crippen molar-refractivity contribution in [2.75, 3.05) is 11.9 Å². The van der Waals surface area contributed by atoms with Crippen LogP contribution in [0.5, 0.6) is 0 Å². The summed E-state index contributed by atoms with van der Waals surface area (Å²) in [5.74, 6) is -0.551. The second-order valence-electron chi connectivity index (χ2n) is 7.91. The second kappa shape index (κ2) is 7.40. The first-order chi connectivity index (χ1) is 14.5. The van der Waals surface area contributed by atoms with Gasteiger partial charge in [-0.15, -0.1) is 0 Å². The fourth-order valence-electron chi connectivity index (χ4n) is 4.74. The Morgan fingerprint density at radius 2 is 1.77 bits per heavy atom. The zero-order chi connectivity index (χ0) is 20.8. The number of rotatable bonds is 2. The summed E-state index contributed by atoms with van der Waals surface area (Å²) in [5, 5.41) is 3.13. The molecule has 3 aromatic rings. The van der Waals surface area contributed by atoms with Gasteiger partial charge in [-0.25, -0.2) is 0 Å². The highest BCUT2D eigenvalue weighted by molar-refractivity contribution is 9.10. The van der Waals surface area contributed by atoms with Crippen LogP contribution >= 0.6 is 15.9 Å². The molecule has 0 saturated carbocycles. The minimum absolute atomic E-state index is 0.00831. The molecule has 0 aromatic heterocycles. The van der Waals surface area contributed by atoms with Gasteiger partial charge in [0.25, 0.3) is 5.91 Å². The minimum atomic E-state index is -0.469. The van der Waals surface area contributed by atoms with Crippen molar-refractivity contribution in [2.45, 2.75) is 25.3 Å². The summed E-state index contributed by atoms with van der Waals surface area (Å²) in [7, 11) is 0. The molecule has 2 amide bonds. The van der Waals surface area contributed by atoms with E-state index in [2.05, 4.69) is 33.4 Å². The molecule has 0 fully saturated rings. The molecule has 0 unspecified atom stereocenters. The predicted molar refractivity (Wildman–Crippen MR) is 121 cm³/mol. The summed E-state index contributed by atoms with van der Waals surface area (Å²) in [6.07, 6.45) is 0.806. The van der Waals surface area contributed by atoms with E-state index in [1.54, 1.807) is 0 Å². The van der Waals surface area contributed by atoms with Gasteiger partial charge in [-0.3, -0.25) is 9.59 Å². The summed E-state index contributed by atoms with van der Waals surface area (Å²) in [4.78, 5) is 28.8. The molecular formula is C25H21BrN2O2. The summed E-state index contributed by atoms with van der Waals surface area (Å²) < 4.78 is 0.971. The first kappa shape index (κ1) is 19.1. The van der Waals surface area contributed by atoms with E-state index in [0.717, 1.165) is 33.3 Å². The van der Waals surface area contributed by atoms with Crippen LogP contribution in [0.2, 0.25) is 0 Å². The zero-order valence-corrected chi connectivity index (χ0v) is 18.1. The van der Waals surface area contributed by atoms with E-state index in [1.807, 2.05) is 66.4 Å². The molecule has 3 aromatic carbocycles. The quantitative estimate of drug-likeness (QED) is 0.568. The average molecular weight is 461 g/mol. The van der Waals surface area contributed by atoms with Gasteiger partial charge in [-0.05, 0) is 59.9 Å². The van der Waals surface area contributed by atoms with E-state index in [1.165, 1.54) is 5.56 Å². The highest BCUT2D eigenvalue weighted by Crippen LogP contribution is 2.46. The Kier molecular flexibility index (Phi) is 4.70. The van der Waals surface area contributed by atoms with E-state index >= 15 is 0 Å². The second-order valence-corrected chi connectivity index (χ2v) is 8.82. The number of nitrogens with zero attached hydrogens (tertiary/aromatic N) is 1. The maximum atomic E-state index is 13.7. The van der Waals surface area contributed by atoms with E-state index < -0.39 is 5.92 Å². The van der Waals surface area contributed by atoms with Gasteiger partial charge >= 0.3 is 0 Å². The fraction of sp³-hybridized carbons (Fsp3) is 0.200. The van der Waals surface area contributed by atoms with Crippen LogP contribution in [0.25, 0.3) is 0 Å². The van der Waals surface area contributed by atoms with Gasteiger partial charge in [0.15, 0.2) is 0 Å². The van der Waals surface area contributed by atoms with Gasteiger partial charge < -0.3 is 10.2 Å². The van der Waals surface area contributed by atoms with Gasteiger partial charge in [0.2, 0.25) is 5.91 Å². The van der Waals surface area contributed by atoms with Crippen LogP contribution in [0.1, 0.15) is 44.6 Å². The topological polar surface area (TPSA) is 49.4 Å². The lowest BCUT2D eigenvalue weighted by Crippen LogP contribution is -2.49. The summed E-state index contributed by atoms with van der Waals surface area (Å²) in [6, 6.07) is 21.2. The van der Waals surface area contributed by atoms with Crippen LogP contribution in [0, 0.1) is 6.92 Å². The van der Waals surface area contributed by atoms with Crippen LogP contribution in [-0.2, 0) is 11.2 Å². The number of fused-ring (bicyclic) bond motifs is 4. The number of hydrogen-bond acceptors (Lipinski definition) is 2. The maximum absolute atomic E-state index is 13.7. The number of amides is 2. The Labute approximate surface area is 184 Å². The third-order valence-corrected chi connectivity index (χ3v) is 6.66. The molecule has 150 valence electrons. The van der Waals surface area contributed by atoms with Crippen molar-refractivity contribution in [3.8, 4) is 0 Å². The Morgan fingerprint density at radius 1 is 1.03 bits per heavy atom. The summed E-state index contributed by atoms with van der Waals surface area (Å²) in [6.45, 7) is 2.59. The molecule has 30 heavy (non-hydrogen) atoms. The molecule has 2 atom stereocenters. The number of nitrogens with one attached hydrogen (secondary N) is 1. The number of hydrogen-bond donors (Lipinski definition) is 1. The molecule has 0 aliphatic carbocycles. The monoisotopic (exact) mass is 460 g/mol. The van der Waals surface area contributed by atoms with Crippen molar-refractivity contribution >= 4 is 33.4 Å². The average Bonchev–Trinajstić information content (AvgIpc) is 2.76. The lowest BCUT2D eigenvalue weighted by molar-refractivity contribution is -0.119. The first-order valence-corrected chi connectivity index (χ1v) is 10.9. The van der Waals surface area contributed by atoms with Crippen molar-refractivity contribution in [1.29, 1.82) is 0 Å². The Balaban J connectivity index is 1.63. The highest BCUT2D eigenvalue weighted by Gasteiger charge is 2.46. The van der Waals surface area contributed by atoms with Crippen LogP contribution in [-0.4, -0.2) is 23.3 Å². The van der Waals surface area contributed by atoms with E-state index in [-0.39, 0.29) is 17.9 Å². The van der Waals surface area contributed by atoms with Crippen LogP contribution in [0.4, 0.5) is 5.69 Å². The number of halogens is 1. The van der Waals surface area contributed by atoms with Crippen LogP contribution < -0.4 is 5.32 Å². The molecule has 1 N–H and O–H groups in total. The van der Waals surface area contributed by atoms with Gasteiger partial charge in [0.05, 0.1) is 12.0 Å². The third-order valence-electron chi connectivity index (χ3n) is 6.16. The standard InChI is InChI=1S/C25H21BrN2O2/c1-15-14-17(26)10-11-21(15)27-24(29)22-19-8-4-5-9-20(19)25(30)28-13-12-16-6-2-3-7-18(16)23(22)28/h2-11,14,22-23H,12-13H2,1H3,(H,27,29)/t22-,23+/m1/s1. The number of benzene rings is 3. The smallest absolute Gasteiger partial charge is 0.254 e. The molecule has 5 heteroatoms. The number of carbonyl (C=O) groups is 2. The first-order valence-electron chi connectivity index (χ1n) is 10.1. The minimum Gasteiger partial charge on any atom is -0.330 e. The van der Waals surface area contributed by atoms with Crippen molar-refractivity contribution in [2.24, 2.45) is 0 Å². The zero-order valence-electron chi connectivity index (χ0n) is 16.6. The van der Waals surface area contributed by atoms with Crippen LogP contribution in [0.15, 0.2) is 71.2 Å². The largest absolute Gasteiger partial charge is 0.330 e. The van der Waals surface area contributed by atoms with Gasteiger partial charge in [-0.2, -0.15) is 0 Å². The molecule has 0 saturated heterocycles. The maximum Gasteiger partial charge on any atom is 0.254 e. The van der Waals surface area contributed by atoms with Crippen molar-refractivity contribution in [1.82, 2.24) is 4.90 Å². The normalized spacial score (nSPS) is 19.5. The SMILES string of the molecule is Cc1cc(Br)ccc1NC(=O)[C@@H]1c2ccccc2C(=O)N2CCc3ccccc3[C@@H]12.